The molecule has 0 radical (unpaired) electrons. The second-order valence-corrected chi connectivity index (χ2v) is 5.28. The Morgan fingerprint density at radius 2 is 2.12 bits per heavy atom. The summed E-state index contributed by atoms with van der Waals surface area (Å²) in [5, 5.41) is 3.98. The van der Waals surface area contributed by atoms with Crippen LogP contribution in [0.3, 0.4) is 0 Å². The van der Waals surface area contributed by atoms with E-state index in [0.717, 1.165) is 18.4 Å². The van der Waals surface area contributed by atoms with Crippen molar-refractivity contribution in [3.05, 3.63) is 53.9 Å². The standard InChI is InChI=1S/C19H23N3O3/c1-3-5-11-25-17-9-8-15(12-18(17)24-4-2)13-21-22-19(23)16-7-6-10-20-14-16/h6-10,12-14H,3-5,11H2,1-2H3,(H,22,23)/b21-13-. The number of carbonyl (C=O) groups excluding carboxylic acids is 1. The number of aromatic nitrogens is 1. The monoisotopic (exact) mass is 341 g/mol. The van der Waals surface area contributed by atoms with Crippen molar-refractivity contribution in [2.24, 2.45) is 5.10 Å². The van der Waals surface area contributed by atoms with Crippen LogP contribution in [0.15, 0.2) is 47.8 Å². The first kappa shape index (κ1) is 18.4. The molecule has 0 saturated heterocycles. The highest BCUT2D eigenvalue weighted by molar-refractivity contribution is 5.94. The number of rotatable bonds is 9. The maximum atomic E-state index is 11.9. The highest BCUT2D eigenvalue weighted by Gasteiger charge is 2.06. The van der Waals surface area contributed by atoms with Crippen LogP contribution in [-0.4, -0.2) is 30.3 Å². The largest absolute Gasteiger partial charge is 0.490 e. The molecule has 0 aliphatic carbocycles. The van der Waals surface area contributed by atoms with Crippen molar-refractivity contribution in [1.29, 1.82) is 0 Å². The molecule has 25 heavy (non-hydrogen) atoms. The molecular formula is C19H23N3O3. The van der Waals surface area contributed by atoms with Crippen LogP contribution < -0.4 is 14.9 Å². The number of hydrogen-bond donors (Lipinski definition) is 1. The van der Waals surface area contributed by atoms with E-state index in [-0.39, 0.29) is 5.91 Å². The number of ether oxygens (including phenoxy) is 2. The van der Waals surface area contributed by atoms with Gasteiger partial charge in [0.1, 0.15) is 0 Å². The highest BCUT2D eigenvalue weighted by atomic mass is 16.5. The lowest BCUT2D eigenvalue weighted by Gasteiger charge is -2.12. The molecule has 6 heteroatoms. The maximum absolute atomic E-state index is 11.9. The summed E-state index contributed by atoms with van der Waals surface area (Å²) in [6.45, 7) is 5.24. The number of benzene rings is 1. The Morgan fingerprint density at radius 1 is 1.24 bits per heavy atom. The molecular weight excluding hydrogens is 318 g/mol. The van der Waals surface area contributed by atoms with Crippen molar-refractivity contribution < 1.29 is 14.3 Å². The average Bonchev–Trinajstić information content (AvgIpc) is 2.64. The summed E-state index contributed by atoms with van der Waals surface area (Å²) in [6, 6.07) is 8.93. The number of carbonyl (C=O) groups is 1. The van der Waals surface area contributed by atoms with Gasteiger partial charge in [-0.3, -0.25) is 9.78 Å². The molecule has 0 unspecified atom stereocenters. The zero-order valence-electron chi connectivity index (χ0n) is 14.6. The van der Waals surface area contributed by atoms with Gasteiger partial charge in [0.25, 0.3) is 5.91 Å². The van der Waals surface area contributed by atoms with Crippen molar-refractivity contribution in [3.63, 3.8) is 0 Å². The van der Waals surface area contributed by atoms with E-state index in [2.05, 4.69) is 22.4 Å². The predicted octanol–water partition coefficient (Wildman–Crippen LogP) is 3.42. The van der Waals surface area contributed by atoms with E-state index in [1.54, 1.807) is 24.5 Å². The zero-order chi connectivity index (χ0) is 17.9. The Kier molecular flexibility index (Phi) is 7.43. The van der Waals surface area contributed by atoms with Crippen LogP contribution in [0.2, 0.25) is 0 Å². The molecule has 0 aliphatic heterocycles. The SMILES string of the molecule is CCCCOc1ccc(/C=N\NC(=O)c2cccnc2)cc1OCC. The van der Waals surface area contributed by atoms with Crippen LogP contribution in [0.1, 0.15) is 42.6 Å². The lowest BCUT2D eigenvalue weighted by atomic mass is 10.2. The third kappa shape index (κ3) is 5.91. The van der Waals surface area contributed by atoms with Gasteiger partial charge in [0.15, 0.2) is 11.5 Å². The van der Waals surface area contributed by atoms with Crippen LogP contribution in [0, 0.1) is 0 Å². The Morgan fingerprint density at radius 3 is 2.84 bits per heavy atom. The number of pyridine rings is 1. The van der Waals surface area contributed by atoms with E-state index in [9.17, 15) is 4.79 Å². The first-order valence-corrected chi connectivity index (χ1v) is 8.37. The third-order valence-corrected chi connectivity index (χ3v) is 3.33. The molecule has 2 rings (SSSR count). The quantitative estimate of drug-likeness (QED) is 0.431. The van der Waals surface area contributed by atoms with Gasteiger partial charge in [-0.05, 0) is 49.2 Å². The number of hydrogen-bond acceptors (Lipinski definition) is 5. The van der Waals surface area contributed by atoms with E-state index in [0.29, 0.717) is 30.3 Å². The third-order valence-electron chi connectivity index (χ3n) is 3.33. The molecule has 1 amide bonds. The molecule has 6 nitrogen and oxygen atoms in total. The maximum Gasteiger partial charge on any atom is 0.272 e. The number of unbranched alkanes of at least 4 members (excludes halogenated alkanes) is 1. The van der Waals surface area contributed by atoms with Crippen molar-refractivity contribution in [2.75, 3.05) is 13.2 Å². The smallest absolute Gasteiger partial charge is 0.272 e. The van der Waals surface area contributed by atoms with E-state index < -0.39 is 0 Å². The van der Waals surface area contributed by atoms with E-state index in [1.165, 1.54) is 6.20 Å². The number of nitrogens with one attached hydrogen (secondary N) is 1. The fourth-order valence-corrected chi connectivity index (χ4v) is 2.05. The fourth-order valence-electron chi connectivity index (χ4n) is 2.05. The molecule has 1 N–H and O–H groups in total. The highest BCUT2D eigenvalue weighted by Crippen LogP contribution is 2.28. The van der Waals surface area contributed by atoms with Crippen molar-refractivity contribution in [1.82, 2.24) is 10.4 Å². The molecule has 0 bridgehead atoms. The van der Waals surface area contributed by atoms with Crippen LogP contribution >= 0.6 is 0 Å². The normalized spacial score (nSPS) is 10.6. The predicted molar refractivity (Wildman–Crippen MR) is 97.3 cm³/mol. The van der Waals surface area contributed by atoms with Gasteiger partial charge in [0.05, 0.1) is 25.0 Å². The van der Waals surface area contributed by atoms with Gasteiger partial charge >= 0.3 is 0 Å². The van der Waals surface area contributed by atoms with Gasteiger partial charge in [-0.25, -0.2) is 5.43 Å². The molecule has 0 fully saturated rings. The van der Waals surface area contributed by atoms with Crippen LogP contribution in [0.5, 0.6) is 11.5 Å². The van der Waals surface area contributed by atoms with E-state index >= 15 is 0 Å². The lowest BCUT2D eigenvalue weighted by Crippen LogP contribution is -2.17. The summed E-state index contributed by atoms with van der Waals surface area (Å²) < 4.78 is 11.4. The Bertz CT molecular complexity index is 702. The molecule has 2 aromatic rings. The molecule has 1 heterocycles. The van der Waals surface area contributed by atoms with Gasteiger partial charge in [-0.2, -0.15) is 5.10 Å². The zero-order valence-corrected chi connectivity index (χ0v) is 14.6. The van der Waals surface area contributed by atoms with Crippen molar-refractivity contribution in [3.8, 4) is 11.5 Å². The van der Waals surface area contributed by atoms with Gasteiger partial charge in [-0.1, -0.05) is 13.3 Å². The second-order valence-electron chi connectivity index (χ2n) is 5.28. The van der Waals surface area contributed by atoms with Gasteiger partial charge in [0.2, 0.25) is 0 Å². The summed E-state index contributed by atoms with van der Waals surface area (Å²) in [7, 11) is 0. The van der Waals surface area contributed by atoms with Gasteiger partial charge < -0.3 is 9.47 Å². The number of amides is 1. The summed E-state index contributed by atoms with van der Waals surface area (Å²) in [5.74, 6) is 1.07. The molecule has 0 spiro atoms. The van der Waals surface area contributed by atoms with Gasteiger partial charge in [-0.15, -0.1) is 0 Å². The van der Waals surface area contributed by atoms with Crippen molar-refractivity contribution >= 4 is 12.1 Å². The molecule has 0 atom stereocenters. The summed E-state index contributed by atoms with van der Waals surface area (Å²) in [5.41, 5.74) is 3.73. The minimum atomic E-state index is -0.311. The van der Waals surface area contributed by atoms with Crippen LogP contribution in [0.25, 0.3) is 0 Å². The Labute approximate surface area is 147 Å². The lowest BCUT2D eigenvalue weighted by molar-refractivity contribution is 0.0955. The number of nitrogens with zero attached hydrogens (tertiary/aromatic N) is 2. The molecule has 1 aromatic heterocycles. The van der Waals surface area contributed by atoms with Crippen LogP contribution in [0.4, 0.5) is 0 Å². The van der Waals surface area contributed by atoms with Crippen LogP contribution in [-0.2, 0) is 0 Å². The summed E-state index contributed by atoms with van der Waals surface area (Å²) in [6.07, 6.45) is 6.73. The van der Waals surface area contributed by atoms with E-state index in [1.807, 2.05) is 25.1 Å². The first-order chi connectivity index (χ1) is 12.2. The Balaban J connectivity index is 2.01. The molecule has 132 valence electrons. The van der Waals surface area contributed by atoms with Crippen molar-refractivity contribution in [2.45, 2.75) is 26.7 Å². The average molecular weight is 341 g/mol. The minimum Gasteiger partial charge on any atom is -0.490 e. The molecule has 1 aromatic carbocycles. The Hall–Kier alpha value is -2.89. The molecule has 0 saturated carbocycles. The number of hydrazone groups is 1. The molecule has 0 aliphatic rings. The van der Waals surface area contributed by atoms with E-state index in [4.69, 9.17) is 9.47 Å². The topological polar surface area (TPSA) is 72.8 Å². The van der Waals surface area contributed by atoms with Gasteiger partial charge in [0, 0.05) is 12.4 Å². The minimum absolute atomic E-state index is 0.311. The fraction of sp³-hybridized carbons (Fsp3) is 0.316. The summed E-state index contributed by atoms with van der Waals surface area (Å²) >= 11 is 0. The first-order valence-electron chi connectivity index (χ1n) is 8.37. The second kappa shape index (κ2) is 10.1. The summed E-state index contributed by atoms with van der Waals surface area (Å²) in [4.78, 5) is 15.8.